The van der Waals surface area contributed by atoms with Crippen molar-refractivity contribution < 1.29 is 19.1 Å². The number of esters is 2. The molecule has 0 spiro atoms. The van der Waals surface area contributed by atoms with E-state index in [2.05, 4.69) is 0 Å². The Labute approximate surface area is 107 Å². The summed E-state index contributed by atoms with van der Waals surface area (Å²) in [5, 5.41) is 0. The van der Waals surface area contributed by atoms with Crippen molar-refractivity contribution in [2.24, 2.45) is 23.7 Å². The molecule has 4 nitrogen and oxygen atoms in total. The van der Waals surface area contributed by atoms with E-state index in [1.807, 2.05) is 0 Å². The van der Waals surface area contributed by atoms with Gasteiger partial charge < -0.3 is 9.47 Å². The van der Waals surface area contributed by atoms with Crippen LogP contribution in [0.1, 0.15) is 38.5 Å². The summed E-state index contributed by atoms with van der Waals surface area (Å²) in [7, 11) is 1.35. The van der Waals surface area contributed by atoms with Crippen molar-refractivity contribution in [1.82, 2.24) is 0 Å². The fourth-order valence-electron chi connectivity index (χ4n) is 3.60. The molecule has 3 aliphatic rings. The third-order valence-electron chi connectivity index (χ3n) is 4.77. The third kappa shape index (κ3) is 2.13. The molecular weight excluding hydrogens is 232 g/mol. The number of fused-ring (bicyclic) bond motifs is 2. The van der Waals surface area contributed by atoms with Crippen molar-refractivity contribution in [3.63, 3.8) is 0 Å². The predicted octanol–water partition coefficient (Wildman–Crippen LogP) is 1.92. The average Bonchev–Trinajstić information content (AvgIpc) is 3.00. The van der Waals surface area contributed by atoms with Gasteiger partial charge in [-0.2, -0.15) is 0 Å². The molecule has 3 aliphatic carbocycles. The number of carbonyl (C=O) groups excluding carboxylic acids is 2. The van der Waals surface area contributed by atoms with Gasteiger partial charge in [0.05, 0.1) is 13.0 Å². The highest BCUT2D eigenvalue weighted by Crippen LogP contribution is 2.49. The predicted molar refractivity (Wildman–Crippen MR) is 63.6 cm³/mol. The Morgan fingerprint density at radius 1 is 1.11 bits per heavy atom. The van der Waals surface area contributed by atoms with E-state index in [0.29, 0.717) is 11.8 Å². The van der Waals surface area contributed by atoms with E-state index in [9.17, 15) is 9.59 Å². The maximum absolute atomic E-state index is 12.2. The highest BCUT2D eigenvalue weighted by atomic mass is 16.6. The average molecular weight is 252 g/mol. The van der Waals surface area contributed by atoms with Gasteiger partial charge in [-0.25, -0.2) is 4.79 Å². The van der Waals surface area contributed by atoms with Gasteiger partial charge in [0.2, 0.25) is 6.10 Å². The fraction of sp³-hybridized carbons (Fsp3) is 0.857. The summed E-state index contributed by atoms with van der Waals surface area (Å²) in [5.41, 5.74) is 0. The summed E-state index contributed by atoms with van der Waals surface area (Å²) < 4.78 is 10.2. The van der Waals surface area contributed by atoms with Gasteiger partial charge in [0.25, 0.3) is 0 Å². The largest absolute Gasteiger partial charge is 0.466 e. The van der Waals surface area contributed by atoms with E-state index < -0.39 is 12.1 Å². The number of hydrogen-bond donors (Lipinski definition) is 0. The molecular formula is C14H20O4. The summed E-state index contributed by atoms with van der Waals surface area (Å²) in [6, 6.07) is 0. The second-order valence-corrected chi connectivity index (χ2v) is 6.00. The molecule has 4 heteroatoms. The summed E-state index contributed by atoms with van der Waals surface area (Å²) in [4.78, 5) is 23.8. The molecule has 0 aromatic carbocycles. The molecule has 3 saturated carbocycles. The van der Waals surface area contributed by atoms with Crippen LogP contribution in [0, 0.1) is 23.7 Å². The van der Waals surface area contributed by atoms with Crippen molar-refractivity contribution in [3.05, 3.63) is 0 Å². The summed E-state index contributed by atoms with van der Waals surface area (Å²) in [6.45, 7) is 0. The smallest absolute Gasteiger partial charge is 0.347 e. The summed E-state index contributed by atoms with van der Waals surface area (Å²) in [5.74, 6) is 0.887. The molecule has 100 valence electrons. The summed E-state index contributed by atoms with van der Waals surface area (Å²) >= 11 is 0. The zero-order valence-corrected chi connectivity index (χ0v) is 10.8. The van der Waals surface area contributed by atoms with Crippen molar-refractivity contribution in [2.45, 2.75) is 44.6 Å². The number of methoxy groups -OCH3 is 1. The Morgan fingerprint density at radius 2 is 1.89 bits per heavy atom. The molecule has 2 bridgehead atoms. The van der Waals surface area contributed by atoms with Crippen LogP contribution < -0.4 is 0 Å². The zero-order valence-electron chi connectivity index (χ0n) is 10.8. The highest BCUT2D eigenvalue weighted by Gasteiger charge is 2.47. The van der Waals surface area contributed by atoms with Crippen LogP contribution in [0.3, 0.4) is 0 Å². The highest BCUT2D eigenvalue weighted by molar-refractivity contribution is 5.81. The molecule has 0 aliphatic heterocycles. The number of rotatable bonds is 4. The molecule has 0 aromatic heterocycles. The van der Waals surface area contributed by atoms with Crippen LogP contribution in [-0.2, 0) is 19.1 Å². The Balaban J connectivity index is 1.60. The minimum atomic E-state index is -0.651. The minimum Gasteiger partial charge on any atom is -0.466 e. The first-order valence-corrected chi connectivity index (χ1v) is 6.97. The Hall–Kier alpha value is -1.06. The van der Waals surface area contributed by atoms with Crippen LogP contribution in [0.5, 0.6) is 0 Å². The molecule has 0 N–H and O–H groups in total. The van der Waals surface area contributed by atoms with Crippen molar-refractivity contribution in [2.75, 3.05) is 7.11 Å². The number of hydrogen-bond acceptors (Lipinski definition) is 4. The molecule has 4 atom stereocenters. The van der Waals surface area contributed by atoms with E-state index in [1.165, 1.54) is 20.0 Å². The molecule has 0 heterocycles. The van der Waals surface area contributed by atoms with Crippen LogP contribution in [0.15, 0.2) is 0 Å². The van der Waals surface area contributed by atoms with Crippen molar-refractivity contribution in [1.29, 1.82) is 0 Å². The van der Waals surface area contributed by atoms with Gasteiger partial charge in [-0.1, -0.05) is 6.42 Å². The molecule has 0 unspecified atom stereocenters. The Kier molecular flexibility index (Phi) is 3.04. The van der Waals surface area contributed by atoms with Crippen LogP contribution in [0.25, 0.3) is 0 Å². The zero-order chi connectivity index (χ0) is 12.7. The maximum Gasteiger partial charge on any atom is 0.347 e. The van der Waals surface area contributed by atoms with Gasteiger partial charge in [0.15, 0.2) is 0 Å². The van der Waals surface area contributed by atoms with Gasteiger partial charge in [-0.3, -0.25) is 4.79 Å². The van der Waals surface area contributed by atoms with E-state index in [-0.39, 0.29) is 17.8 Å². The normalized spacial score (nSPS) is 35.3. The minimum absolute atomic E-state index is 0.0367. The first kappa shape index (κ1) is 12.0. The summed E-state index contributed by atoms with van der Waals surface area (Å²) in [6.07, 6.45) is 5.82. The van der Waals surface area contributed by atoms with E-state index in [4.69, 9.17) is 9.47 Å². The van der Waals surface area contributed by atoms with Crippen LogP contribution in [0.2, 0.25) is 0 Å². The molecule has 0 aromatic rings. The quantitative estimate of drug-likeness (QED) is 0.717. The monoisotopic (exact) mass is 252 g/mol. The Morgan fingerprint density at radius 3 is 2.39 bits per heavy atom. The SMILES string of the molecule is COC(=O)[C@H](OC(=O)[C@@H]1C[C@H]2CC[C@H]1C2)C1CC1. The molecule has 3 fully saturated rings. The lowest BCUT2D eigenvalue weighted by molar-refractivity contribution is -0.171. The lowest BCUT2D eigenvalue weighted by Crippen LogP contribution is -2.34. The van der Waals surface area contributed by atoms with Gasteiger partial charge >= 0.3 is 11.9 Å². The molecule has 0 radical (unpaired) electrons. The lowest BCUT2D eigenvalue weighted by atomic mass is 9.89. The van der Waals surface area contributed by atoms with Crippen LogP contribution in [0.4, 0.5) is 0 Å². The van der Waals surface area contributed by atoms with Crippen LogP contribution in [-0.4, -0.2) is 25.2 Å². The van der Waals surface area contributed by atoms with E-state index in [1.54, 1.807) is 0 Å². The molecule has 3 rings (SSSR count). The molecule has 18 heavy (non-hydrogen) atoms. The third-order valence-corrected chi connectivity index (χ3v) is 4.77. The first-order valence-electron chi connectivity index (χ1n) is 6.97. The topological polar surface area (TPSA) is 52.6 Å². The standard InChI is InChI=1S/C14H20O4/c1-17-14(16)12(9-4-5-9)18-13(15)11-7-8-2-3-10(11)6-8/h8-12H,2-7H2,1H3/t8-,10-,11+,12+/m0/s1. The van der Waals surface area contributed by atoms with Gasteiger partial charge in [0, 0.05) is 5.92 Å². The molecule has 0 amide bonds. The molecule has 0 saturated heterocycles. The first-order chi connectivity index (χ1) is 8.69. The maximum atomic E-state index is 12.2. The lowest BCUT2D eigenvalue weighted by Gasteiger charge is -2.23. The van der Waals surface area contributed by atoms with Crippen molar-refractivity contribution in [3.8, 4) is 0 Å². The second kappa shape index (κ2) is 4.56. The second-order valence-electron chi connectivity index (χ2n) is 6.00. The number of carbonyl (C=O) groups is 2. The van der Waals surface area contributed by atoms with E-state index in [0.717, 1.165) is 25.7 Å². The van der Waals surface area contributed by atoms with Crippen molar-refractivity contribution >= 4 is 11.9 Å². The van der Waals surface area contributed by atoms with Gasteiger partial charge in [-0.15, -0.1) is 0 Å². The Bertz CT molecular complexity index is 361. The fourth-order valence-corrected chi connectivity index (χ4v) is 3.60. The van der Waals surface area contributed by atoms with E-state index >= 15 is 0 Å². The van der Waals surface area contributed by atoms with Gasteiger partial charge in [0.1, 0.15) is 0 Å². The van der Waals surface area contributed by atoms with Gasteiger partial charge in [-0.05, 0) is 43.9 Å². The number of ether oxygens (including phenoxy) is 2. The van der Waals surface area contributed by atoms with Crippen LogP contribution >= 0.6 is 0 Å².